The topological polar surface area (TPSA) is 21.3 Å². The molecule has 1 aromatic carbocycles. The van der Waals surface area contributed by atoms with Crippen LogP contribution in [0.5, 0.6) is 5.75 Å². The van der Waals surface area contributed by atoms with Crippen LogP contribution in [0.1, 0.15) is 45.2 Å². The molecular weight excluding hydrogens is 222 g/mol. The summed E-state index contributed by atoms with van der Waals surface area (Å²) in [5, 5.41) is 3.63. The summed E-state index contributed by atoms with van der Waals surface area (Å²) in [7, 11) is 0. The highest BCUT2D eigenvalue weighted by molar-refractivity contribution is 5.37. The highest BCUT2D eigenvalue weighted by Gasteiger charge is 2.19. The van der Waals surface area contributed by atoms with Crippen molar-refractivity contribution in [3.8, 4) is 5.75 Å². The number of hydrogen-bond donors (Lipinski definition) is 1. The van der Waals surface area contributed by atoms with Crippen LogP contribution in [0.25, 0.3) is 0 Å². The van der Waals surface area contributed by atoms with Crippen molar-refractivity contribution in [2.75, 3.05) is 0 Å². The minimum atomic E-state index is 0.244. The van der Waals surface area contributed by atoms with Crippen molar-refractivity contribution in [2.24, 2.45) is 5.92 Å². The first kappa shape index (κ1) is 13.4. The first-order valence-electron chi connectivity index (χ1n) is 7.06. The summed E-state index contributed by atoms with van der Waals surface area (Å²) in [5.41, 5.74) is 2.88. The van der Waals surface area contributed by atoms with Gasteiger partial charge in [0, 0.05) is 12.6 Å². The summed E-state index contributed by atoms with van der Waals surface area (Å²) >= 11 is 0. The molecule has 100 valence electrons. The Bertz CT molecular complexity index is 398. The fraction of sp³-hybridized carbons (Fsp3) is 0.625. The lowest BCUT2D eigenvalue weighted by Gasteiger charge is -2.28. The second-order valence-corrected chi connectivity index (χ2v) is 6.01. The molecular formula is C16H25NO. The summed E-state index contributed by atoms with van der Waals surface area (Å²) in [6.45, 7) is 9.68. The monoisotopic (exact) mass is 247 g/mol. The molecule has 0 fully saturated rings. The largest absolute Gasteiger partial charge is 0.491 e. The van der Waals surface area contributed by atoms with E-state index in [2.05, 4.69) is 51.2 Å². The Labute approximate surface area is 111 Å². The molecule has 1 aromatic rings. The third kappa shape index (κ3) is 3.49. The molecule has 0 amide bonds. The Kier molecular flexibility index (Phi) is 4.28. The lowest BCUT2D eigenvalue weighted by molar-refractivity contribution is 0.242. The van der Waals surface area contributed by atoms with E-state index in [1.807, 2.05) is 0 Å². The van der Waals surface area contributed by atoms with Crippen LogP contribution in [-0.4, -0.2) is 12.1 Å². The minimum Gasteiger partial charge on any atom is -0.491 e. The minimum absolute atomic E-state index is 0.244. The van der Waals surface area contributed by atoms with Gasteiger partial charge < -0.3 is 10.1 Å². The van der Waals surface area contributed by atoms with E-state index in [1.54, 1.807) is 0 Å². The van der Waals surface area contributed by atoms with Crippen molar-refractivity contribution in [3.63, 3.8) is 0 Å². The van der Waals surface area contributed by atoms with Crippen LogP contribution in [0.15, 0.2) is 18.2 Å². The molecule has 2 nitrogen and oxygen atoms in total. The van der Waals surface area contributed by atoms with Crippen molar-refractivity contribution in [1.82, 2.24) is 5.32 Å². The lowest BCUT2D eigenvalue weighted by Crippen LogP contribution is -2.36. The molecule has 1 N–H and O–H groups in total. The fourth-order valence-corrected chi connectivity index (χ4v) is 2.64. The van der Waals surface area contributed by atoms with Crippen LogP contribution in [0.3, 0.4) is 0 Å². The molecule has 0 bridgehead atoms. The van der Waals surface area contributed by atoms with Gasteiger partial charge in [0.25, 0.3) is 0 Å². The molecule has 0 saturated carbocycles. The molecule has 0 aliphatic carbocycles. The number of hydrogen-bond acceptors (Lipinski definition) is 2. The molecule has 1 heterocycles. The maximum absolute atomic E-state index is 5.74. The van der Waals surface area contributed by atoms with Gasteiger partial charge in [-0.05, 0) is 55.9 Å². The van der Waals surface area contributed by atoms with Crippen LogP contribution in [0.2, 0.25) is 0 Å². The summed E-state index contributed by atoms with van der Waals surface area (Å²) in [4.78, 5) is 0. The zero-order valence-corrected chi connectivity index (χ0v) is 12.0. The molecule has 0 aromatic heterocycles. The van der Waals surface area contributed by atoms with E-state index in [-0.39, 0.29) is 6.10 Å². The summed E-state index contributed by atoms with van der Waals surface area (Å²) < 4.78 is 5.74. The van der Waals surface area contributed by atoms with Gasteiger partial charge in [-0.1, -0.05) is 19.9 Å². The zero-order valence-electron chi connectivity index (χ0n) is 12.0. The van der Waals surface area contributed by atoms with E-state index in [9.17, 15) is 0 Å². The third-order valence-electron chi connectivity index (χ3n) is 3.35. The Morgan fingerprint density at radius 2 is 2.00 bits per heavy atom. The maximum Gasteiger partial charge on any atom is 0.120 e. The average molecular weight is 247 g/mol. The average Bonchev–Trinajstić information content (AvgIpc) is 2.27. The SMILES string of the molecule is CC(C)CC1Cc2ccc(OC(C)C)cc2CN1. The van der Waals surface area contributed by atoms with E-state index in [4.69, 9.17) is 4.74 Å². The van der Waals surface area contributed by atoms with E-state index < -0.39 is 0 Å². The van der Waals surface area contributed by atoms with Crippen molar-refractivity contribution >= 4 is 0 Å². The Morgan fingerprint density at radius 3 is 2.67 bits per heavy atom. The molecule has 1 atom stereocenters. The normalized spacial score (nSPS) is 19.1. The van der Waals surface area contributed by atoms with Crippen LogP contribution in [-0.2, 0) is 13.0 Å². The molecule has 1 aliphatic rings. The lowest BCUT2D eigenvalue weighted by atomic mass is 9.91. The number of benzene rings is 1. The van der Waals surface area contributed by atoms with Gasteiger partial charge in [0.05, 0.1) is 6.10 Å². The predicted octanol–water partition coefficient (Wildman–Crippen LogP) is 3.53. The van der Waals surface area contributed by atoms with Crippen molar-refractivity contribution < 1.29 is 4.74 Å². The second-order valence-electron chi connectivity index (χ2n) is 6.01. The molecule has 0 spiro atoms. The van der Waals surface area contributed by atoms with E-state index in [0.717, 1.165) is 24.6 Å². The molecule has 0 radical (unpaired) electrons. The Morgan fingerprint density at radius 1 is 1.22 bits per heavy atom. The van der Waals surface area contributed by atoms with Crippen molar-refractivity contribution in [2.45, 2.75) is 59.2 Å². The summed E-state index contributed by atoms with van der Waals surface area (Å²) in [6.07, 6.45) is 2.65. The molecule has 2 heteroatoms. The number of fused-ring (bicyclic) bond motifs is 1. The van der Waals surface area contributed by atoms with E-state index in [0.29, 0.717) is 6.04 Å². The van der Waals surface area contributed by atoms with Gasteiger partial charge in [-0.15, -0.1) is 0 Å². The first-order chi connectivity index (χ1) is 8.54. The van der Waals surface area contributed by atoms with Crippen LogP contribution in [0.4, 0.5) is 0 Å². The number of ether oxygens (including phenoxy) is 1. The highest BCUT2D eigenvalue weighted by Crippen LogP contribution is 2.24. The molecule has 2 rings (SSSR count). The van der Waals surface area contributed by atoms with Gasteiger partial charge >= 0.3 is 0 Å². The van der Waals surface area contributed by atoms with E-state index in [1.165, 1.54) is 17.5 Å². The molecule has 18 heavy (non-hydrogen) atoms. The third-order valence-corrected chi connectivity index (χ3v) is 3.35. The van der Waals surface area contributed by atoms with Crippen LogP contribution in [0, 0.1) is 5.92 Å². The summed E-state index contributed by atoms with van der Waals surface area (Å²) in [5.74, 6) is 1.75. The second kappa shape index (κ2) is 5.75. The zero-order chi connectivity index (χ0) is 13.1. The van der Waals surface area contributed by atoms with Crippen LogP contribution < -0.4 is 10.1 Å². The van der Waals surface area contributed by atoms with Gasteiger partial charge in [0.2, 0.25) is 0 Å². The van der Waals surface area contributed by atoms with Gasteiger partial charge in [0.1, 0.15) is 5.75 Å². The van der Waals surface area contributed by atoms with Gasteiger partial charge in [-0.2, -0.15) is 0 Å². The van der Waals surface area contributed by atoms with E-state index >= 15 is 0 Å². The first-order valence-corrected chi connectivity index (χ1v) is 7.06. The van der Waals surface area contributed by atoms with Crippen LogP contribution >= 0.6 is 0 Å². The van der Waals surface area contributed by atoms with Gasteiger partial charge in [0.15, 0.2) is 0 Å². The standard InChI is InChI=1S/C16H25NO/c1-11(2)7-15-8-13-5-6-16(18-12(3)4)9-14(13)10-17-15/h5-6,9,11-12,15,17H,7-8,10H2,1-4H3. The van der Waals surface area contributed by atoms with Crippen molar-refractivity contribution in [3.05, 3.63) is 29.3 Å². The van der Waals surface area contributed by atoms with Gasteiger partial charge in [-0.25, -0.2) is 0 Å². The quantitative estimate of drug-likeness (QED) is 0.878. The Balaban J connectivity index is 2.06. The smallest absolute Gasteiger partial charge is 0.120 e. The fourth-order valence-electron chi connectivity index (χ4n) is 2.64. The molecule has 0 saturated heterocycles. The highest BCUT2D eigenvalue weighted by atomic mass is 16.5. The number of rotatable bonds is 4. The predicted molar refractivity (Wildman–Crippen MR) is 76.0 cm³/mol. The molecule has 1 aliphatic heterocycles. The van der Waals surface area contributed by atoms with Crippen molar-refractivity contribution in [1.29, 1.82) is 0 Å². The molecule has 1 unspecified atom stereocenters. The van der Waals surface area contributed by atoms with Gasteiger partial charge in [-0.3, -0.25) is 0 Å². The number of nitrogens with one attached hydrogen (secondary N) is 1. The maximum atomic E-state index is 5.74. The Hall–Kier alpha value is -1.02. The summed E-state index contributed by atoms with van der Waals surface area (Å²) in [6, 6.07) is 7.17.